The average Bonchev–Trinajstić information content (AvgIpc) is 2.74. The fourth-order valence-corrected chi connectivity index (χ4v) is 1.46. The molecule has 2 heterocycles. The fourth-order valence-electron chi connectivity index (χ4n) is 1.46. The second-order valence-electron chi connectivity index (χ2n) is 3.52. The van der Waals surface area contributed by atoms with Crippen molar-refractivity contribution in [2.24, 2.45) is 0 Å². The van der Waals surface area contributed by atoms with Crippen molar-refractivity contribution in [1.29, 1.82) is 0 Å². The molecule has 90 valence electrons. The van der Waals surface area contributed by atoms with Crippen LogP contribution < -0.4 is 10.6 Å². The van der Waals surface area contributed by atoms with Gasteiger partial charge in [0.05, 0.1) is 5.69 Å². The summed E-state index contributed by atoms with van der Waals surface area (Å²) in [5.74, 6) is -1.46. The quantitative estimate of drug-likeness (QED) is 0.527. The molecular formula is C8H9N5O4. The molecule has 1 fully saturated rings. The number of hydrogen-bond acceptors (Lipinski definition) is 5. The standard InChI is InChI=1S/C8H9N5O4/c14-6(15)3-13-2-4(11-12-13)1-5-7(16)10-8(17)9-5/h2,5H,1,3H2,(H,14,15)(H2,9,10,16,17)/t5-/m1/s1. The molecule has 0 spiro atoms. The maximum absolute atomic E-state index is 11.2. The van der Waals surface area contributed by atoms with Crippen LogP contribution in [0.25, 0.3) is 0 Å². The highest BCUT2D eigenvalue weighted by Gasteiger charge is 2.30. The molecule has 1 aromatic heterocycles. The number of aromatic nitrogens is 3. The number of imide groups is 1. The first kappa shape index (κ1) is 11.0. The highest BCUT2D eigenvalue weighted by atomic mass is 16.4. The summed E-state index contributed by atoms with van der Waals surface area (Å²) in [7, 11) is 0. The minimum atomic E-state index is -1.03. The molecule has 1 saturated heterocycles. The van der Waals surface area contributed by atoms with Gasteiger partial charge in [0.2, 0.25) is 0 Å². The number of hydrogen-bond donors (Lipinski definition) is 3. The number of amides is 3. The van der Waals surface area contributed by atoms with Gasteiger partial charge in [-0.05, 0) is 0 Å². The number of aliphatic carboxylic acids is 1. The zero-order valence-electron chi connectivity index (χ0n) is 8.58. The van der Waals surface area contributed by atoms with Crippen LogP contribution >= 0.6 is 0 Å². The monoisotopic (exact) mass is 239 g/mol. The van der Waals surface area contributed by atoms with Crippen LogP contribution in [-0.4, -0.2) is 44.0 Å². The van der Waals surface area contributed by atoms with E-state index in [9.17, 15) is 14.4 Å². The number of carbonyl (C=O) groups excluding carboxylic acids is 2. The molecule has 2 rings (SSSR count). The predicted molar refractivity (Wildman–Crippen MR) is 51.8 cm³/mol. The van der Waals surface area contributed by atoms with Gasteiger partial charge in [0, 0.05) is 12.6 Å². The van der Waals surface area contributed by atoms with Gasteiger partial charge in [-0.1, -0.05) is 5.21 Å². The van der Waals surface area contributed by atoms with Crippen LogP contribution in [0.2, 0.25) is 0 Å². The predicted octanol–water partition coefficient (Wildman–Crippen LogP) is -1.89. The van der Waals surface area contributed by atoms with Crippen molar-refractivity contribution < 1.29 is 19.5 Å². The minimum absolute atomic E-state index is 0.178. The topological polar surface area (TPSA) is 126 Å². The molecule has 0 radical (unpaired) electrons. The zero-order valence-corrected chi connectivity index (χ0v) is 8.58. The van der Waals surface area contributed by atoms with Gasteiger partial charge in [0.25, 0.3) is 5.91 Å². The molecule has 0 saturated carbocycles. The molecule has 3 amide bonds. The Balaban J connectivity index is 1.99. The summed E-state index contributed by atoms with van der Waals surface area (Å²) in [4.78, 5) is 32.5. The maximum atomic E-state index is 11.2. The summed E-state index contributed by atoms with van der Waals surface area (Å²) < 4.78 is 1.15. The summed E-state index contributed by atoms with van der Waals surface area (Å²) in [6, 6.07) is -1.23. The average molecular weight is 239 g/mol. The normalized spacial score (nSPS) is 18.9. The summed E-state index contributed by atoms with van der Waals surface area (Å²) in [5, 5.41) is 20.3. The number of nitrogens with one attached hydrogen (secondary N) is 2. The van der Waals surface area contributed by atoms with Crippen LogP contribution in [-0.2, 0) is 22.6 Å². The third-order valence-electron chi connectivity index (χ3n) is 2.16. The lowest BCUT2D eigenvalue weighted by molar-refractivity contribution is -0.138. The van der Waals surface area contributed by atoms with E-state index in [0.29, 0.717) is 5.69 Å². The smallest absolute Gasteiger partial charge is 0.325 e. The first-order chi connectivity index (χ1) is 8.04. The third-order valence-corrected chi connectivity index (χ3v) is 2.16. The Morgan fingerprint density at radius 2 is 2.29 bits per heavy atom. The van der Waals surface area contributed by atoms with Crippen molar-refractivity contribution in [1.82, 2.24) is 25.6 Å². The van der Waals surface area contributed by atoms with Crippen molar-refractivity contribution in [3.05, 3.63) is 11.9 Å². The molecule has 1 atom stereocenters. The molecule has 1 aliphatic rings. The van der Waals surface area contributed by atoms with E-state index in [1.807, 2.05) is 0 Å². The Kier molecular flexibility index (Phi) is 2.73. The largest absolute Gasteiger partial charge is 0.480 e. The zero-order chi connectivity index (χ0) is 12.4. The first-order valence-corrected chi connectivity index (χ1v) is 4.77. The number of urea groups is 1. The maximum Gasteiger partial charge on any atom is 0.325 e. The SMILES string of the molecule is O=C(O)Cn1cc(C[C@H]2NC(=O)NC2=O)nn1. The number of carboxylic acid groups (broad SMARTS) is 1. The first-order valence-electron chi connectivity index (χ1n) is 4.77. The van der Waals surface area contributed by atoms with Gasteiger partial charge in [0.1, 0.15) is 12.6 Å². The highest BCUT2D eigenvalue weighted by molar-refractivity contribution is 6.04. The van der Waals surface area contributed by atoms with Crippen LogP contribution in [0.4, 0.5) is 4.79 Å². The molecule has 1 aliphatic heterocycles. The lowest BCUT2D eigenvalue weighted by atomic mass is 10.2. The molecule has 3 N–H and O–H groups in total. The van der Waals surface area contributed by atoms with Gasteiger partial charge in [-0.25, -0.2) is 9.48 Å². The van der Waals surface area contributed by atoms with Gasteiger partial charge in [0.15, 0.2) is 0 Å². The van der Waals surface area contributed by atoms with Crippen molar-refractivity contribution in [2.75, 3.05) is 0 Å². The van der Waals surface area contributed by atoms with Crippen LogP contribution in [0.1, 0.15) is 5.69 Å². The molecule has 0 unspecified atom stereocenters. The second-order valence-corrected chi connectivity index (χ2v) is 3.52. The van der Waals surface area contributed by atoms with Crippen molar-refractivity contribution in [2.45, 2.75) is 19.0 Å². The van der Waals surface area contributed by atoms with Crippen LogP contribution in [0.5, 0.6) is 0 Å². The third kappa shape index (κ3) is 2.56. The van der Waals surface area contributed by atoms with E-state index >= 15 is 0 Å². The molecule has 0 aliphatic carbocycles. The number of carboxylic acids is 1. The number of rotatable bonds is 4. The van der Waals surface area contributed by atoms with E-state index in [1.54, 1.807) is 0 Å². The Labute approximate surface area is 94.8 Å². The summed E-state index contributed by atoms with van der Waals surface area (Å²) in [6.07, 6.45) is 1.60. The van der Waals surface area contributed by atoms with Gasteiger partial charge < -0.3 is 10.4 Å². The van der Waals surface area contributed by atoms with E-state index in [-0.39, 0.29) is 13.0 Å². The Hall–Kier alpha value is -2.45. The highest BCUT2D eigenvalue weighted by Crippen LogP contribution is 2.02. The van der Waals surface area contributed by atoms with Gasteiger partial charge >= 0.3 is 12.0 Å². The number of nitrogens with zero attached hydrogens (tertiary/aromatic N) is 3. The Morgan fingerprint density at radius 1 is 1.53 bits per heavy atom. The minimum Gasteiger partial charge on any atom is -0.480 e. The molecule has 0 bridgehead atoms. The molecular weight excluding hydrogens is 230 g/mol. The van der Waals surface area contributed by atoms with Gasteiger partial charge in [-0.15, -0.1) is 5.10 Å². The lowest BCUT2D eigenvalue weighted by Gasteiger charge is -2.02. The van der Waals surface area contributed by atoms with Crippen LogP contribution in [0.3, 0.4) is 0 Å². The van der Waals surface area contributed by atoms with Crippen molar-refractivity contribution in [3.8, 4) is 0 Å². The lowest BCUT2D eigenvalue weighted by Crippen LogP contribution is -2.31. The van der Waals surface area contributed by atoms with E-state index in [0.717, 1.165) is 4.68 Å². The van der Waals surface area contributed by atoms with E-state index < -0.39 is 23.9 Å². The van der Waals surface area contributed by atoms with Crippen molar-refractivity contribution in [3.63, 3.8) is 0 Å². The molecule has 9 heteroatoms. The summed E-state index contributed by atoms with van der Waals surface area (Å²) in [5.41, 5.74) is 0.439. The van der Waals surface area contributed by atoms with Crippen LogP contribution in [0.15, 0.2) is 6.20 Å². The Morgan fingerprint density at radius 3 is 2.88 bits per heavy atom. The van der Waals surface area contributed by atoms with E-state index in [1.165, 1.54) is 6.20 Å². The summed E-state index contributed by atoms with van der Waals surface area (Å²) in [6.45, 7) is -0.295. The van der Waals surface area contributed by atoms with Gasteiger partial charge in [-0.3, -0.25) is 14.9 Å². The van der Waals surface area contributed by atoms with Gasteiger partial charge in [-0.2, -0.15) is 0 Å². The Bertz CT molecular complexity index is 482. The second kappa shape index (κ2) is 4.20. The fraction of sp³-hybridized carbons (Fsp3) is 0.375. The summed E-state index contributed by atoms with van der Waals surface area (Å²) >= 11 is 0. The molecule has 9 nitrogen and oxygen atoms in total. The van der Waals surface area contributed by atoms with Crippen molar-refractivity contribution >= 4 is 17.9 Å². The number of carbonyl (C=O) groups is 3. The van der Waals surface area contributed by atoms with Crippen LogP contribution in [0, 0.1) is 0 Å². The van der Waals surface area contributed by atoms with E-state index in [4.69, 9.17) is 5.11 Å². The molecule has 17 heavy (non-hydrogen) atoms. The molecule has 1 aromatic rings. The van der Waals surface area contributed by atoms with E-state index in [2.05, 4.69) is 20.9 Å². The molecule has 0 aromatic carbocycles.